The van der Waals surface area contributed by atoms with Crippen LogP contribution in [-0.2, 0) is 4.79 Å². The molecule has 0 N–H and O–H groups in total. The lowest BCUT2D eigenvalue weighted by atomic mass is 10.2. The maximum atomic E-state index is 10.9. The van der Waals surface area contributed by atoms with Gasteiger partial charge in [0.15, 0.2) is 0 Å². The number of carbonyl (C=O) groups is 1. The second-order valence-electron chi connectivity index (χ2n) is 2.60. The van der Waals surface area contributed by atoms with E-state index in [-0.39, 0.29) is 11.7 Å². The molecule has 1 rings (SSSR count). The molecule has 0 aliphatic heterocycles. The number of rotatable bonds is 2. The van der Waals surface area contributed by atoms with Crippen molar-refractivity contribution in [3.63, 3.8) is 0 Å². The number of ether oxygens (including phenoxy) is 1. The lowest BCUT2D eigenvalue weighted by Gasteiger charge is -2.03. The highest BCUT2D eigenvalue weighted by molar-refractivity contribution is 7.81. The lowest BCUT2D eigenvalue weighted by Crippen LogP contribution is -2.08. The first-order chi connectivity index (χ1) is 6.11. The van der Waals surface area contributed by atoms with E-state index in [0.29, 0.717) is 10.8 Å². The summed E-state index contributed by atoms with van der Waals surface area (Å²) in [5.41, 5.74) is 0.953. The summed E-state index contributed by atoms with van der Waals surface area (Å²) in [6.45, 7) is 1.88. The molecule has 0 saturated heterocycles. The summed E-state index contributed by atoms with van der Waals surface area (Å²) in [5, 5.41) is 0.557. The zero-order valence-electron chi connectivity index (χ0n) is 7.08. The maximum absolute atomic E-state index is 10.9. The zero-order chi connectivity index (χ0) is 9.84. The highest BCUT2D eigenvalue weighted by Crippen LogP contribution is 2.20. The molecule has 1 aromatic carbocycles. The van der Waals surface area contributed by atoms with Gasteiger partial charge < -0.3 is 4.74 Å². The fraction of sp³-hybridized carbons (Fsp3) is 0.222. The fourth-order valence-corrected chi connectivity index (χ4v) is 1.27. The van der Waals surface area contributed by atoms with Gasteiger partial charge >= 0.3 is 5.97 Å². The van der Waals surface area contributed by atoms with Gasteiger partial charge in [-0.15, -0.1) is 0 Å². The Labute approximate surface area is 87.3 Å². The number of hydrogen-bond donors (Lipinski definition) is 1. The fourth-order valence-electron chi connectivity index (χ4n) is 0.925. The molecule has 0 saturated carbocycles. The number of halogens is 1. The second-order valence-corrected chi connectivity index (χ2v) is 3.35. The van der Waals surface area contributed by atoms with Crippen LogP contribution in [0.2, 0.25) is 5.02 Å². The molecule has 0 aliphatic rings. The molecule has 0 radical (unpaired) electrons. The van der Waals surface area contributed by atoms with Crippen LogP contribution in [0.5, 0.6) is 5.75 Å². The summed E-state index contributed by atoms with van der Waals surface area (Å²) in [7, 11) is 0. The van der Waals surface area contributed by atoms with E-state index in [1.807, 2.05) is 6.92 Å². The summed E-state index contributed by atoms with van der Waals surface area (Å²) in [6.07, 6.45) is 0. The minimum Gasteiger partial charge on any atom is -0.426 e. The summed E-state index contributed by atoms with van der Waals surface area (Å²) in [4.78, 5) is 10.9. The maximum Gasteiger partial charge on any atom is 0.321 e. The second kappa shape index (κ2) is 4.53. The predicted molar refractivity (Wildman–Crippen MR) is 55.7 cm³/mol. The summed E-state index contributed by atoms with van der Waals surface area (Å²) in [5.74, 6) is 0.139. The number of thiol groups is 1. The van der Waals surface area contributed by atoms with E-state index in [9.17, 15) is 4.79 Å². The summed E-state index contributed by atoms with van der Waals surface area (Å²) >= 11 is 9.56. The highest BCUT2D eigenvalue weighted by atomic mass is 35.5. The molecule has 0 aromatic heterocycles. The van der Waals surface area contributed by atoms with Crippen molar-refractivity contribution in [3.05, 3.63) is 28.8 Å². The van der Waals surface area contributed by atoms with Gasteiger partial charge in [0.1, 0.15) is 5.75 Å². The zero-order valence-corrected chi connectivity index (χ0v) is 8.73. The molecule has 13 heavy (non-hydrogen) atoms. The van der Waals surface area contributed by atoms with E-state index in [1.54, 1.807) is 18.2 Å². The van der Waals surface area contributed by atoms with Crippen LogP contribution < -0.4 is 4.74 Å². The lowest BCUT2D eigenvalue weighted by molar-refractivity contribution is -0.131. The third-order valence-corrected chi connectivity index (χ3v) is 1.85. The minimum atomic E-state index is -0.384. The van der Waals surface area contributed by atoms with E-state index in [4.69, 9.17) is 16.3 Å². The van der Waals surface area contributed by atoms with Crippen molar-refractivity contribution < 1.29 is 9.53 Å². The molecule has 1 aromatic rings. The molecule has 0 atom stereocenters. The Kier molecular flexibility index (Phi) is 3.63. The van der Waals surface area contributed by atoms with Crippen molar-refractivity contribution in [2.75, 3.05) is 5.75 Å². The van der Waals surface area contributed by atoms with Gasteiger partial charge in [0.05, 0.1) is 5.75 Å². The van der Waals surface area contributed by atoms with Crippen molar-refractivity contribution in [2.24, 2.45) is 0 Å². The first-order valence-corrected chi connectivity index (χ1v) is 4.71. The Balaban J connectivity index is 2.83. The van der Waals surface area contributed by atoms with Crippen LogP contribution in [0.3, 0.4) is 0 Å². The molecule has 4 heteroatoms. The molecule has 70 valence electrons. The van der Waals surface area contributed by atoms with E-state index in [0.717, 1.165) is 5.56 Å². The van der Waals surface area contributed by atoms with E-state index < -0.39 is 0 Å². The number of esters is 1. The van der Waals surface area contributed by atoms with Crippen molar-refractivity contribution in [2.45, 2.75) is 6.92 Å². The van der Waals surface area contributed by atoms with Gasteiger partial charge in [-0.3, -0.25) is 4.79 Å². The molecule has 0 heterocycles. The first-order valence-electron chi connectivity index (χ1n) is 3.70. The van der Waals surface area contributed by atoms with Crippen LogP contribution in [0.4, 0.5) is 0 Å². The van der Waals surface area contributed by atoms with Crippen LogP contribution in [-0.4, -0.2) is 11.7 Å². The Hall–Kier alpha value is -0.670. The third-order valence-electron chi connectivity index (χ3n) is 1.38. The monoisotopic (exact) mass is 216 g/mol. The normalized spacial score (nSPS) is 9.77. The Bertz CT molecular complexity index is 305. The number of aryl methyl sites for hydroxylation is 1. The average molecular weight is 217 g/mol. The van der Waals surface area contributed by atoms with E-state index in [1.165, 1.54) is 0 Å². The van der Waals surface area contributed by atoms with Gasteiger partial charge in [-0.05, 0) is 30.7 Å². The quantitative estimate of drug-likeness (QED) is 0.467. The minimum absolute atomic E-state index is 0.0611. The Morgan fingerprint density at radius 1 is 1.54 bits per heavy atom. The Morgan fingerprint density at radius 2 is 2.23 bits per heavy atom. The summed E-state index contributed by atoms with van der Waals surface area (Å²) < 4.78 is 4.93. The van der Waals surface area contributed by atoms with Gasteiger partial charge in [-0.25, -0.2) is 0 Å². The first kappa shape index (κ1) is 10.4. The molecule has 0 fully saturated rings. The Morgan fingerprint density at radius 3 is 2.77 bits per heavy atom. The molecule has 0 amide bonds. The van der Waals surface area contributed by atoms with Crippen LogP contribution in [0.15, 0.2) is 18.2 Å². The number of hydrogen-bond acceptors (Lipinski definition) is 3. The molecule has 0 bridgehead atoms. The molecule has 0 unspecified atom stereocenters. The standard InChI is InChI=1S/C9H9ClO2S/c1-6-2-7(10)4-8(3-6)12-9(11)5-13/h2-4,13H,5H2,1H3. The van der Waals surface area contributed by atoms with Crippen LogP contribution in [0, 0.1) is 6.92 Å². The topological polar surface area (TPSA) is 26.3 Å². The van der Waals surface area contributed by atoms with Crippen molar-refractivity contribution >= 4 is 30.2 Å². The largest absolute Gasteiger partial charge is 0.426 e. The molecule has 0 spiro atoms. The van der Waals surface area contributed by atoms with Gasteiger partial charge in [-0.2, -0.15) is 12.6 Å². The van der Waals surface area contributed by atoms with Gasteiger partial charge in [0.2, 0.25) is 0 Å². The smallest absolute Gasteiger partial charge is 0.321 e. The third kappa shape index (κ3) is 3.28. The number of benzene rings is 1. The van der Waals surface area contributed by atoms with Gasteiger partial charge in [0, 0.05) is 5.02 Å². The van der Waals surface area contributed by atoms with E-state index >= 15 is 0 Å². The van der Waals surface area contributed by atoms with Crippen molar-refractivity contribution in [1.29, 1.82) is 0 Å². The van der Waals surface area contributed by atoms with Crippen molar-refractivity contribution in [1.82, 2.24) is 0 Å². The highest BCUT2D eigenvalue weighted by Gasteiger charge is 2.03. The average Bonchev–Trinajstić information content (AvgIpc) is 2.02. The van der Waals surface area contributed by atoms with Crippen LogP contribution in [0.25, 0.3) is 0 Å². The van der Waals surface area contributed by atoms with Crippen LogP contribution >= 0.6 is 24.2 Å². The SMILES string of the molecule is Cc1cc(Cl)cc(OC(=O)CS)c1. The molecular weight excluding hydrogens is 208 g/mol. The number of carbonyl (C=O) groups excluding carboxylic acids is 1. The summed E-state index contributed by atoms with van der Waals surface area (Å²) in [6, 6.07) is 5.13. The molecule has 2 nitrogen and oxygen atoms in total. The predicted octanol–water partition coefficient (Wildman–Crippen LogP) is 2.48. The van der Waals surface area contributed by atoms with Gasteiger partial charge in [-0.1, -0.05) is 11.6 Å². The molecular formula is C9H9ClO2S. The van der Waals surface area contributed by atoms with Gasteiger partial charge in [0.25, 0.3) is 0 Å². The van der Waals surface area contributed by atoms with Crippen LogP contribution in [0.1, 0.15) is 5.56 Å². The molecule has 0 aliphatic carbocycles. The van der Waals surface area contributed by atoms with Crippen molar-refractivity contribution in [3.8, 4) is 5.75 Å². The van der Waals surface area contributed by atoms with E-state index in [2.05, 4.69) is 12.6 Å².